The van der Waals surface area contributed by atoms with Gasteiger partial charge in [-0.25, -0.2) is 0 Å². The van der Waals surface area contributed by atoms with Gasteiger partial charge in [0, 0.05) is 0 Å². The van der Waals surface area contributed by atoms with Gasteiger partial charge in [-0.15, -0.1) is 0 Å². The van der Waals surface area contributed by atoms with Crippen molar-refractivity contribution in [1.29, 1.82) is 0 Å². The first-order valence-corrected chi connectivity index (χ1v) is 12.3. The molecule has 0 bridgehead atoms. The predicted molar refractivity (Wildman–Crippen MR) is 119 cm³/mol. The fourth-order valence-electron chi connectivity index (χ4n) is 4.53. The van der Waals surface area contributed by atoms with Crippen molar-refractivity contribution in [2.45, 2.75) is 0 Å². The van der Waals surface area contributed by atoms with Gasteiger partial charge in [-0.05, 0) is 0 Å². The summed E-state index contributed by atoms with van der Waals surface area (Å²) in [5, 5.41) is 7.31. The Labute approximate surface area is 173 Å². The topological polar surface area (TPSA) is 68.7 Å². The molecule has 8 rings (SSSR count). The fraction of sp³-hybridized carbons (Fsp3) is 0. The van der Waals surface area contributed by atoms with Gasteiger partial charge in [0.25, 0.3) is 0 Å². The summed E-state index contributed by atoms with van der Waals surface area (Å²) in [4.78, 5) is 38.1. The minimum atomic E-state index is -0.222. The SMILES string of the molecule is O=c1c2[se]c3c4c(ccc(c24)c2nc4sccc4n12)c(=O)n1c2ccsc2nc31. The normalized spacial score (nSPS) is 13.1. The summed E-state index contributed by atoms with van der Waals surface area (Å²) in [7, 11) is 0. The number of imidazole rings is 2. The van der Waals surface area contributed by atoms with Gasteiger partial charge in [0.1, 0.15) is 0 Å². The fourth-order valence-corrected chi connectivity index (χ4v) is 8.62. The van der Waals surface area contributed by atoms with Crippen molar-refractivity contribution < 1.29 is 0 Å². The van der Waals surface area contributed by atoms with E-state index in [1.165, 1.54) is 22.7 Å². The average molecular weight is 477 g/mol. The van der Waals surface area contributed by atoms with Crippen LogP contribution in [0.15, 0.2) is 44.6 Å². The molecule has 136 valence electrons. The Bertz CT molecular complexity index is 2070. The molecule has 0 aliphatic rings. The second kappa shape index (κ2) is 4.66. The van der Waals surface area contributed by atoms with Crippen LogP contribution in [0.2, 0.25) is 0 Å². The van der Waals surface area contributed by atoms with Gasteiger partial charge >= 0.3 is 174 Å². The minimum absolute atomic E-state index is 0.0175. The van der Waals surface area contributed by atoms with Gasteiger partial charge in [0.05, 0.1) is 0 Å². The van der Waals surface area contributed by atoms with Crippen molar-refractivity contribution in [2.24, 2.45) is 0 Å². The molecule has 0 N–H and O–H groups in total. The zero-order chi connectivity index (χ0) is 19.0. The first-order chi connectivity index (χ1) is 14.2. The molecule has 1 aromatic carbocycles. The maximum atomic E-state index is 13.5. The van der Waals surface area contributed by atoms with Crippen LogP contribution in [-0.2, 0) is 0 Å². The van der Waals surface area contributed by atoms with Gasteiger partial charge in [0.2, 0.25) is 0 Å². The van der Waals surface area contributed by atoms with Crippen LogP contribution in [0.4, 0.5) is 0 Å². The van der Waals surface area contributed by atoms with E-state index in [0.29, 0.717) is 16.7 Å². The molecule has 0 unspecified atom stereocenters. The van der Waals surface area contributed by atoms with Gasteiger partial charge in [-0.3, -0.25) is 0 Å². The van der Waals surface area contributed by atoms with Gasteiger partial charge < -0.3 is 0 Å². The van der Waals surface area contributed by atoms with Crippen LogP contribution < -0.4 is 11.1 Å². The molecule has 0 atom stereocenters. The molecule has 0 aliphatic heterocycles. The van der Waals surface area contributed by atoms with Crippen LogP contribution in [0.1, 0.15) is 0 Å². The van der Waals surface area contributed by atoms with E-state index in [9.17, 15) is 9.59 Å². The monoisotopic (exact) mass is 478 g/mol. The van der Waals surface area contributed by atoms with E-state index in [4.69, 9.17) is 9.97 Å². The third-order valence-corrected chi connectivity index (χ3v) is 9.76. The maximum absolute atomic E-state index is 13.5. The second-order valence-corrected chi connectivity index (χ2v) is 11.0. The van der Waals surface area contributed by atoms with E-state index in [-0.39, 0.29) is 25.6 Å². The Kier molecular flexibility index (Phi) is 2.42. The Morgan fingerprint density at radius 1 is 0.724 bits per heavy atom. The average Bonchev–Trinajstić information content (AvgIpc) is 3.48. The van der Waals surface area contributed by atoms with E-state index in [1.807, 2.05) is 35.0 Å². The number of nitrogens with zero attached hydrogens (tertiary/aromatic N) is 4. The number of hydrogen-bond donors (Lipinski definition) is 0. The van der Waals surface area contributed by atoms with Gasteiger partial charge in [0.15, 0.2) is 0 Å². The molecule has 7 aromatic heterocycles. The first kappa shape index (κ1) is 15.1. The van der Waals surface area contributed by atoms with Gasteiger partial charge in [-0.2, -0.15) is 0 Å². The number of benzene rings is 1. The van der Waals surface area contributed by atoms with E-state index in [2.05, 4.69) is 0 Å². The number of rotatable bonds is 0. The second-order valence-electron chi connectivity index (χ2n) is 7.04. The van der Waals surface area contributed by atoms with Crippen molar-refractivity contribution in [3.63, 3.8) is 0 Å². The molecular formula is C20H6N4O2S2Se. The van der Waals surface area contributed by atoms with Crippen molar-refractivity contribution >= 4 is 99.2 Å². The van der Waals surface area contributed by atoms with E-state index in [1.54, 1.807) is 8.80 Å². The standard InChI is InChI=1S/C20H6N4O2S2Se/c25-19-8-2-1-7-11-12(8)13(16-22-18-10(24(16)19)4-6-28-18)29-14(11)20(26)23-9-3-5-27-17(9)21-15(7)23/h1-6H. The molecular weight excluding hydrogens is 471 g/mol. The van der Waals surface area contributed by atoms with E-state index >= 15 is 0 Å². The zero-order valence-electron chi connectivity index (χ0n) is 14.3. The molecule has 9 heteroatoms. The summed E-state index contributed by atoms with van der Waals surface area (Å²) in [6.07, 6.45) is 0. The number of aromatic nitrogens is 4. The first-order valence-electron chi connectivity index (χ1n) is 8.84. The van der Waals surface area contributed by atoms with Crippen molar-refractivity contribution in [2.75, 3.05) is 0 Å². The summed E-state index contributed by atoms with van der Waals surface area (Å²) >= 11 is 2.84. The Morgan fingerprint density at radius 3 is 2.10 bits per heavy atom. The number of pyridine rings is 2. The molecule has 8 aromatic rings. The summed E-state index contributed by atoms with van der Waals surface area (Å²) in [6, 6.07) is 7.73. The summed E-state index contributed by atoms with van der Waals surface area (Å²) in [5.41, 5.74) is 3.00. The molecule has 0 amide bonds. The van der Waals surface area contributed by atoms with Crippen LogP contribution in [0.3, 0.4) is 0 Å². The van der Waals surface area contributed by atoms with E-state index in [0.717, 1.165) is 45.4 Å². The van der Waals surface area contributed by atoms with Crippen LogP contribution in [0.5, 0.6) is 0 Å². The number of hydrogen-bond acceptors (Lipinski definition) is 6. The summed E-state index contributed by atoms with van der Waals surface area (Å²) < 4.78 is 5.28. The molecule has 0 aliphatic carbocycles. The van der Waals surface area contributed by atoms with E-state index < -0.39 is 0 Å². The van der Waals surface area contributed by atoms with Crippen molar-refractivity contribution in [3.05, 3.63) is 55.7 Å². The number of thiophene rings is 2. The zero-order valence-corrected chi connectivity index (χ0v) is 17.6. The summed E-state index contributed by atoms with van der Waals surface area (Å²) in [6.45, 7) is 0. The quantitative estimate of drug-likeness (QED) is 0.248. The van der Waals surface area contributed by atoms with Crippen molar-refractivity contribution in [1.82, 2.24) is 18.8 Å². The molecule has 0 saturated carbocycles. The molecule has 6 nitrogen and oxygen atoms in total. The molecule has 0 radical (unpaired) electrons. The number of fused-ring (bicyclic) bond motifs is 8. The molecule has 29 heavy (non-hydrogen) atoms. The van der Waals surface area contributed by atoms with Crippen LogP contribution >= 0.6 is 22.7 Å². The molecule has 0 spiro atoms. The van der Waals surface area contributed by atoms with Gasteiger partial charge in [-0.1, -0.05) is 0 Å². The van der Waals surface area contributed by atoms with Crippen LogP contribution in [-0.4, -0.2) is 33.3 Å². The molecule has 0 fully saturated rings. The van der Waals surface area contributed by atoms with Crippen LogP contribution in [0, 0.1) is 0 Å². The summed E-state index contributed by atoms with van der Waals surface area (Å²) in [5.74, 6) is 0. The Hall–Kier alpha value is -2.84. The molecule has 7 heterocycles. The third kappa shape index (κ3) is 1.52. The van der Waals surface area contributed by atoms with Crippen molar-refractivity contribution in [3.8, 4) is 0 Å². The van der Waals surface area contributed by atoms with Crippen LogP contribution in [0.25, 0.3) is 62.1 Å². The molecule has 0 saturated heterocycles. The Balaban J connectivity index is 1.79. The Morgan fingerprint density at radius 2 is 1.34 bits per heavy atom. The third-order valence-electron chi connectivity index (χ3n) is 5.71. The predicted octanol–water partition coefficient (Wildman–Crippen LogP) is 3.52.